The number of nitrogens with one attached hydrogen (secondary N) is 1. The Labute approximate surface area is 130 Å². The Morgan fingerprint density at radius 1 is 1.09 bits per heavy atom. The van der Waals surface area contributed by atoms with Crippen LogP contribution in [0.4, 0.5) is 0 Å². The molecule has 0 aromatic heterocycles. The summed E-state index contributed by atoms with van der Waals surface area (Å²) in [4.78, 5) is 11.6. The molecule has 0 aliphatic carbocycles. The van der Waals surface area contributed by atoms with E-state index in [1.54, 1.807) is 12.1 Å². The molecule has 1 amide bonds. The van der Waals surface area contributed by atoms with Crippen LogP contribution < -0.4 is 10.2 Å². The summed E-state index contributed by atoms with van der Waals surface area (Å²) in [5.41, 5.74) is 4.25. The molecule has 0 saturated heterocycles. The average molecular weight is 294 g/mol. The fourth-order valence-electron chi connectivity index (χ4n) is 1.67. The van der Waals surface area contributed by atoms with Gasteiger partial charge in [0.25, 0.3) is 5.91 Å². The first-order valence-corrected chi connectivity index (χ1v) is 6.98. The predicted molar refractivity (Wildman–Crippen MR) is 88.7 cm³/mol. The SMILES string of the molecule is CC(/C=C/c1ccccc1)=N\NC(=O)COc1ccccc1. The summed E-state index contributed by atoms with van der Waals surface area (Å²) >= 11 is 0. The molecule has 1 N–H and O–H groups in total. The van der Waals surface area contributed by atoms with Crippen molar-refractivity contribution in [2.75, 3.05) is 6.61 Å². The Balaban J connectivity index is 1.78. The number of para-hydroxylation sites is 1. The van der Waals surface area contributed by atoms with Gasteiger partial charge in [-0.3, -0.25) is 4.79 Å². The minimum atomic E-state index is -0.295. The van der Waals surface area contributed by atoms with Crippen LogP contribution in [-0.4, -0.2) is 18.2 Å². The highest BCUT2D eigenvalue weighted by Gasteiger charge is 2.00. The van der Waals surface area contributed by atoms with Gasteiger partial charge in [-0.2, -0.15) is 5.10 Å². The van der Waals surface area contributed by atoms with E-state index in [4.69, 9.17) is 4.74 Å². The second-order valence-electron chi connectivity index (χ2n) is 4.63. The third-order valence-electron chi connectivity index (χ3n) is 2.79. The lowest BCUT2D eigenvalue weighted by Crippen LogP contribution is -2.25. The number of ether oxygens (including phenoxy) is 1. The third kappa shape index (κ3) is 5.63. The van der Waals surface area contributed by atoms with E-state index in [1.165, 1.54) is 0 Å². The van der Waals surface area contributed by atoms with E-state index in [0.717, 1.165) is 5.56 Å². The first-order chi connectivity index (χ1) is 10.7. The molecule has 2 rings (SSSR count). The number of allylic oxidation sites excluding steroid dienone is 1. The lowest BCUT2D eigenvalue weighted by molar-refractivity contribution is -0.123. The van der Waals surface area contributed by atoms with Crippen LogP contribution in [0.1, 0.15) is 12.5 Å². The molecule has 0 aliphatic rings. The second-order valence-corrected chi connectivity index (χ2v) is 4.63. The lowest BCUT2D eigenvalue weighted by atomic mass is 10.2. The van der Waals surface area contributed by atoms with E-state index in [9.17, 15) is 4.79 Å². The van der Waals surface area contributed by atoms with Crippen LogP contribution in [0, 0.1) is 0 Å². The summed E-state index contributed by atoms with van der Waals surface area (Å²) in [6.07, 6.45) is 3.78. The summed E-state index contributed by atoms with van der Waals surface area (Å²) in [7, 11) is 0. The molecular formula is C18H18N2O2. The molecule has 0 atom stereocenters. The fourth-order valence-corrected chi connectivity index (χ4v) is 1.67. The number of nitrogens with zero attached hydrogens (tertiary/aromatic N) is 1. The number of hydrogen-bond acceptors (Lipinski definition) is 3. The Kier molecular flexibility index (Phi) is 5.93. The zero-order chi connectivity index (χ0) is 15.6. The van der Waals surface area contributed by atoms with E-state index in [0.29, 0.717) is 11.5 Å². The summed E-state index contributed by atoms with van der Waals surface area (Å²) in [5.74, 6) is 0.360. The maximum Gasteiger partial charge on any atom is 0.277 e. The predicted octanol–water partition coefficient (Wildman–Crippen LogP) is 3.27. The molecule has 4 nitrogen and oxygen atoms in total. The Morgan fingerprint density at radius 3 is 2.41 bits per heavy atom. The van der Waals surface area contributed by atoms with E-state index in [2.05, 4.69) is 10.5 Å². The Hall–Kier alpha value is -2.88. The molecule has 0 fully saturated rings. The molecule has 2 aromatic rings. The van der Waals surface area contributed by atoms with Gasteiger partial charge in [-0.1, -0.05) is 54.6 Å². The van der Waals surface area contributed by atoms with Gasteiger partial charge in [0.05, 0.1) is 5.71 Å². The van der Waals surface area contributed by atoms with Crippen molar-refractivity contribution in [3.8, 4) is 5.75 Å². The van der Waals surface area contributed by atoms with Gasteiger partial charge in [-0.05, 0) is 30.7 Å². The molecule has 0 bridgehead atoms. The number of carbonyl (C=O) groups is 1. The van der Waals surface area contributed by atoms with E-state index in [-0.39, 0.29) is 12.5 Å². The quantitative estimate of drug-likeness (QED) is 0.656. The number of amides is 1. The molecule has 22 heavy (non-hydrogen) atoms. The topological polar surface area (TPSA) is 50.7 Å². The van der Waals surface area contributed by atoms with Gasteiger partial charge in [0, 0.05) is 0 Å². The summed E-state index contributed by atoms with van der Waals surface area (Å²) in [6, 6.07) is 19.1. The molecule has 0 saturated carbocycles. The number of hydrogen-bond donors (Lipinski definition) is 1. The van der Waals surface area contributed by atoms with E-state index >= 15 is 0 Å². The van der Waals surface area contributed by atoms with Crippen molar-refractivity contribution in [3.63, 3.8) is 0 Å². The maximum atomic E-state index is 11.6. The van der Waals surface area contributed by atoms with Gasteiger partial charge >= 0.3 is 0 Å². The summed E-state index contributed by atoms with van der Waals surface area (Å²) in [6.45, 7) is 1.75. The number of benzene rings is 2. The van der Waals surface area contributed by atoms with Crippen molar-refractivity contribution in [2.24, 2.45) is 5.10 Å². The van der Waals surface area contributed by atoms with Gasteiger partial charge in [0.1, 0.15) is 5.75 Å². The van der Waals surface area contributed by atoms with Gasteiger partial charge in [0.15, 0.2) is 6.61 Å². The lowest BCUT2D eigenvalue weighted by Gasteiger charge is -2.04. The van der Waals surface area contributed by atoms with Crippen molar-refractivity contribution in [1.29, 1.82) is 0 Å². The molecule has 112 valence electrons. The van der Waals surface area contributed by atoms with E-state index < -0.39 is 0 Å². The smallest absolute Gasteiger partial charge is 0.277 e. The number of hydrazone groups is 1. The highest BCUT2D eigenvalue weighted by atomic mass is 16.5. The van der Waals surface area contributed by atoms with Crippen molar-refractivity contribution in [3.05, 3.63) is 72.3 Å². The number of carbonyl (C=O) groups excluding carboxylic acids is 1. The Morgan fingerprint density at radius 2 is 1.73 bits per heavy atom. The molecule has 4 heteroatoms. The van der Waals surface area contributed by atoms with Crippen LogP contribution in [-0.2, 0) is 4.79 Å². The van der Waals surface area contributed by atoms with Crippen molar-refractivity contribution in [1.82, 2.24) is 5.43 Å². The van der Waals surface area contributed by atoms with Crippen molar-refractivity contribution in [2.45, 2.75) is 6.92 Å². The highest BCUT2D eigenvalue weighted by Crippen LogP contribution is 2.07. The van der Waals surface area contributed by atoms with Gasteiger partial charge in [0.2, 0.25) is 0 Å². The summed E-state index contributed by atoms with van der Waals surface area (Å²) < 4.78 is 5.33. The van der Waals surface area contributed by atoms with Crippen molar-refractivity contribution >= 4 is 17.7 Å². The fraction of sp³-hybridized carbons (Fsp3) is 0.111. The number of rotatable bonds is 6. The molecule has 0 unspecified atom stereocenters. The zero-order valence-electron chi connectivity index (χ0n) is 12.4. The summed E-state index contributed by atoms with van der Waals surface area (Å²) in [5, 5.41) is 4.00. The standard InChI is InChI=1S/C18H18N2O2/c1-15(12-13-16-8-4-2-5-9-16)19-20-18(21)14-22-17-10-6-3-7-11-17/h2-13H,14H2,1H3,(H,20,21)/b13-12+,19-15+. The van der Waals surface area contributed by atoms with Gasteiger partial charge in [-0.15, -0.1) is 0 Å². The molecule has 0 radical (unpaired) electrons. The zero-order valence-corrected chi connectivity index (χ0v) is 12.4. The van der Waals surface area contributed by atoms with Crippen LogP contribution in [0.2, 0.25) is 0 Å². The minimum absolute atomic E-state index is 0.0663. The van der Waals surface area contributed by atoms with Crippen LogP contribution in [0.25, 0.3) is 6.08 Å². The van der Waals surface area contributed by atoms with Crippen LogP contribution >= 0.6 is 0 Å². The van der Waals surface area contributed by atoms with Crippen molar-refractivity contribution < 1.29 is 9.53 Å². The average Bonchev–Trinajstić information content (AvgIpc) is 2.58. The largest absolute Gasteiger partial charge is 0.484 e. The monoisotopic (exact) mass is 294 g/mol. The molecular weight excluding hydrogens is 276 g/mol. The van der Waals surface area contributed by atoms with Crippen LogP contribution in [0.5, 0.6) is 5.75 Å². The van der Waals surface area contributed by atoms with Gasteiger partial charge in [-0.25, -0.2) is 5.43 Å². The maximum absolute atomic E-state index is 11.6. The second kappa shape index (κ2) is 8.42. The first kappa shape index (κ1) is 15.5. The molecule has 0 aliphatic heterocycles. The minimum Gasteiger partial charge on any atom is -0.484 e. The van der Waals surface area contributed by atoms with Gasteiger partial charge < -0.3 is 4.74 Å². The molecule has 0 spiro atoms. The third-order valence-corrected chi connectivity index (χ3v) is 2.79. The molecule has 2 aromatic carbocycles. The van der Waals surface area contributed by atoms with E-state index in [1.807, 2.05) is 67.6 Å². The first-order valence-electron chi connectivity index (χ1n) is 6.98. The highest BCUT2D eigenvalue weighted by molar-refractivity contribution is 5.97. The van der Waals surface area contributed by atoms with Crippen LogP contribution in [0.15, 0.2) is 71.8 Å². The normalized spacial score (nSPS) is 11.4. The Bertz CT molecular complexity index is 649. The van der Waals surface area contributed by atoms with Crippen LogP contribution in [0.3, 0.4) is 0 Å². The molecule has 0 heterocycles.